The van der Waals surface area contributed by atoms with Crippen LogP contribution in [0.2, 0.25) is 10.0 Å². The number of nitrogens with zero attached hydrogens (tertiary/aromatic N) is 4. The molecule has 33 heavy (non-hydrogen) atoms. The van der Waals surface area contributed by atoms with Crippen molar-refractivity contribution in [3.63, 3.8) is 0 Å². The van der Waals surface area contributed by atoms with Crippen molar-refractivity contribution < 1.29 is 4.79 Å². The molecule has 0 aliphatic rings. The van der Waals surface area contributed by atoms with Crippen LogP contribution in [0.1, 0.15) is 35.8 Å². The van der Waals surface area contributed by atoms with Gasteiger partial charge in [-0.2, -0.15) is 0 Å². The third kappa shape index (κ3) is 5.58. The van der Waals surface area contributed by atoms with E-state index in [9.17, 15) is 4.79 Å². The molecule has 0 saturated carbocycles. The molecular weight excluding hydrogens is 497 g/mol. The van der Waals surface area contributed by atoms with Crippen molar-refractivity contribution in [1.29, 1.82) is 0 Å². The largest absolute Gasteiger partial charge is 0.348 e. The second-order valence-electron chi connectivity index (χ2n) is 7.30. The van der Waals surface area contributed by atoms with E-state index < -0.39 is 0 Å². The van der Waals surface area contributed by atoms with E-state index in [4.69, 9.17) is 23.2 Å². The lowest BCUT2D eigenvalue weighted by atomic mass is 10.2. The molecule has 0 radical (unpaired) electrons. The van der Waals surface area contributed by atoms with Crippen LogP contribution in [0.25, 0.3) is 17.1 Å². The first-order chi connectivity index (χ1) is 16.0. The van der Waals surface area contributed by atoms with Gasteiger partial charge in [-0.25, -0.2) is 4.98 Å². The van der Waals surface area contributed by atoms with Gasteiger partial charge in [0.25, 0.3) is 5.91 Å². The standard InChI is InChI=1S/C23H21Cl2N5OS2/c1-3-14(2)26-22(31)19-12-32-20(27-19)13-33-23-29-28-21(17-9-4-5-10-18(17)25)30(23)16-8-6-7-15(24)11-16/h4-12,14H,3,13H2,1-2H3,(H,26,31). The summed E-state index contributed by atoms with van der Waals surface area (Å²) in [5.41, 5.74) is 2.04. The van der Waals surface area contributed by atoms with Crippen LogP contribution in [-0.4, -0.2) is 31.7 Å². The van der Waals surface area contributed by atoms with Gasteiger partial charge in [-0.05, 0) is 43.7 Å². The van der Waals surface area contributed by atoms with E-state index in [1.807, 2.05) is 66.9 Å². The lowest BCUT2D eigenvalue weighted by molar-refractivity contribution is 0.0935. The van der Waals surface area contributed by atoms with Crippen LogP contribution >= 0.6 is 46.3 Å². The van der Waals surface area contributed by atoms with E-state index >= 15 is 0 Å². The number of hydrogen-bond acceptors (Lipinski definition) is 6. The highest BCUT2D eigenvalue weighted by Gasteiger charge is 2.19. The van der Waals surface area contributed by atoms with Gasteiger partial charge in [0.15, 0.2) is 11.0 Å². The number of amides is 1. The number of carbonyl (C=O) groups is 1. The summed E-state index contributed by atoms with van der Waals surface area (Å²) in [7, 11) is 0. The quantitative estimate of drug-likeness (QED) is 0.269. The molecule has 2 aromatic carbocycles. The molecule has 0 saturated heterocycles. The minimum absolute atomic E-state index is 0.108. The molecule has 0 bridgehead atoms. The molecule has 0 aliphatic carbocycles. The Balaban J connectivity index is 1.61. The van der Waals surface area contributed by atoms with Crippen molar-refractivity contribution in [2.45, 2.75) is 37.2 Å². The SMILES string of the molecule is CCC(C)NC(=O)c1csc(CSc2nnc(-c3ccccc3Cl)n2-c2cccc(Cl)c2)n1. The number of aromatic nitrogens is 4. The predicted molar refractivity (Wildman–Crippen MR) is 136 cm³/mol. The van der Waals surface area contributed by atoms with Gasteiger partial charge in [0, 0.05) is 22.0 Å². The number of carbonyl (C=O) groups excluding carboxylic acids is 1. The van der Waals surface area contributed by atoms with E-state index in [0.29, 0.717) is 32.5 Å². The first-order valence-corrected chi connectivity index (χ1v) is 12.9. The van der Waals surface area contributed by atoms with Crippen molar-refractivity contribution >= 4 is 52.2 Å². The molecule has 1 amide bonds. The van der Waals surface area contributed by atoms with E-state index in [1.165, 1.54) is 23.1 Å². The summed E-state index contributed by atoms with van der Waals surface area (Å²) in [5.74, 6) is 1.01. The van der Waals surface area contributed by atoms with Crippen molar-refractivity contribution in [3.05, 3.63) is 74.7 Å². The Hall–Kier alpha value is -2.39. The number of rotatable bonds is 8. The number of halogens is 2. The summed E-state index contributed by atoms with van der Waals surface area (Å²) in [6.07, 6.45) is 0.867. The Morgan fingerprint density at radius 2 is 2.00 bits per heavy atom. The van der Waals surface area contributed by atoms with Gasteiger partial charge in [0.2, 0.25) is 0 Å². The summed E-state index contributed by atoms with van der Waals surface area (Å²) in [6, 6.07) is 15.1. The molecule has 1 unspecified atom stereocenters. The van der Waals surface area contributed by atoms with Gasteiger partial charge >= 0.3 is 0 Å². The fraction of sp³-hybridized carbons (Fsp3) is 0.217. The molecule has 0 aliphatic heterocycles. The van der Waals surface area contributed by atoms with Crippen LogP contribution in [-0.2, 0) is 5.75 Å². The molecule has 4 rings (SSSR count). The molecule has 170 valence electrons. The van der Waals surface area contributed by atoms with Crippen LogP contribution in [0.3, 0.4) is 0 Å². The predicted octanol–water partition coefficient (Wildman–Crippen LogP) is 6.52. The topological polar surface area (TPSA) is 72.7 Å². The molecule has 0 fully saturated rings. The number of hydrogen-bond donors (Lipinski definition) is 1. The van der Waals surface area contributed by atoms with Crippen LogP contribution in [0.5, 0.6) is 0 Å². The van der Waals surface area contributed by atoms with Gasteiger partial charge in [-0.1, -0.05) is 60.1 Å². The maximum atomic E-state index is 12.3. The third-order valence-electron chi connectivity index (χ3n) is 4.91. The zero-order valence-electron chi connectivity index (χ0n) is 18.0. The van der Waals surface area contributed by atoms with Gasteiger partial charge in [0.1, 0.15) is 10.7 Å². The summed E-state index contributed by atoms with van der Waals surface area (Å²) in [4.78, 5) is 16.8. The Morgan fingerprint density at radius 3 is 2.76 bits per heavy atom. The monoisotopic (exact) mass is 517 g/mol. The average Bonchev–Trinajstić information content (AvgIpc) is 3.45. The fourth-order valence-electron chi connectivity index (χ4n) is 3.04. The lowest BCUT2D eigenvalue weighted by Gasteiger charge is -2.11. The molecule has 1 N–H and O–H groups in total. The molecule has 6 nitrogen and oxygen atoms in total. The minimum Gasteiger partial charge on any atom is -0.348 e. The summed E-state index contributed by atoms with van der Waals surface area (Å²) in [6.45, 7) is 4.00. The first-order valence-electron chi connectivity index (χ1n) is 10.3. The summed E-state index contributed by atoms with van der Waals surface area (Å²) in [5, 5.41) is 16.3. The number of thiazole rings is 1. The second-order valence-corrected chi connectivity index (χ2v) is 10.0. The highest BCUT2D eigenvalue weighted by Crippen LogP contribution is 2.33. The smallest absolute Gasteiger partial charge is 0.270 e. The minimum atomic E-state index is -0.153. The molecule has 10 heteroatoms. The van der Waals surface area contributed by atoms with E-state index in [1.54, 1.807) is 5.38 Å². The van der Waals surface area contributed by atoms with Crippen molar-refractivity contribution in [1.82, 2.24) is 25.1 Å². The van der Waals surface area contributed by atoms with E-state index in [-0.39, 0.29) is 11.9 Å². The number of nitrogens with one attached hydrogen (secondary N) is 1. The van der Waals surface area contributed by atoms with Crippen LogP contribution < -0.4 is 5.32 Å². The Labute approximate surface area is 210 Å². The summed E-state index contributed by atoms with van der Waals surface area (Å²) < 4.78 is 1.93. The van der Waals surface area contributed by atoms with Crippen molar-refractivity contribution in [3.8, 4) is 17.1 Å². The summed E-state index contributed by atoms with van der Waals surface area (Å²) >= 11 is 15.6. The second kappa shape index (κ2) is 10.7. The maximum absolute atomic E-state index is 12.3. The molecule has 2 aromatic heterocycles. The maximum Gasteiger partial charge on any atom is 0.270 e. The van der Waals surface area contributed by atoms with E-state index in [0.717, 1.165) is 22.7 Å². The van der Waals surface area contributed by atoms with E-state index in [2.05, 4.69) is 20.5 Å². The lowest BCUT2D eigenvalue weighted by Crippen LogP contribution is -2.32. The average molecular weight is 518 g/mol. The van der Waals surface area contributed by atoms with Crippen molar-refractivity contribution in [2.75, 3.05) is 0 Å². The normalized spacial score (nSPS) is 12.0. The molecule has 4 aromatic rings. The highest BCUT2D eigenvalue weighted by atomic mass is 35.5. The Morgan fingerprint density at radius 1 is 1.18 bits per heavy atom. The molecule has 1 atom stereocenters. The fourth-order valence-corrected chi connectivity index (χ4v) is 5.18. The zero-order chi connectivity index (χ0) is 23.4. The molecule has 0 spiro atoms. The third-order valence-corrected chi connectivity index (χ3v) is 7.45. The first kappa shape index (κ1) is 23.8. The van der Waals surface area contributed by atoms with Crippen LogP contribution in [0.4, 0.5) is 0 Å². The van der Waals surface area contributed by atoms with Gasteiger partial charge in [-0.15, -0.1) is 21.5 Å². The van der Waals surface area contributed by atoms with Crippen LogP contribution in [0, 0.1) is 0 Å². The van der Waals surface area contributed by atoms with Crippen molar-refractivity contribution in [2.24, 2.45) is 0 Å². The molecular formula is C23H21Cl2N5OS2. The Kier molecular flexibility index (Phi) is 7.70. The Bertz CT molecular complexity index is 1270. The zero-order valence-corrected chi connectivity index (χ0v) is 21.1. The van der Waals surface area contributed by atoms with Crippen LogP contribution in [0.15, 0.2) is 59.1 Å². The van der Waals surface area contributed by atoms with Gasteiger partial charge in [0.05, 0.1) is 16.5 Å². The van der Waals surface area contributed by atoms with Gasteiger partial charge < -0.3 is 5.32 Å². The number of benzene rings is 2. The number of thioether (sulfide) groups is 1. The molecule has 2 heterocycles. The van der Waals surface area contributed by atoms with Gasteiger partial charge in [-0.3, -0.25) is 9.36 Å². The highest BCUT2D eigenvalue weighted by molar-refractivity contribution is 7.98.